The second kappa shape index (κ2) is 8.99. The number of nitrogens with one attached hydrogen (secondary N) is 1. The summed E-state index contributed by atoms with van der Waals surface area (Å²) in [4.78, 5) is 12.2. The molecule has 2 aromatic carbocycles. The normalized spacial score (nSPS) is 12.7. The molecule has 2 aromatic rings. The van der Waals surface area contributed by atoms with E-state index in [-0.39, 0.29) is 24.2 Å². The number of aliphatic hydroxyl groups excluding tert-OH is 1. The molecule has 0 bridgehead atoms. The second-order valence-electron chi connectivity index (χ2n) is 5.71. The minimum Gasteiger partial charge on any atom is -0.396 e. The monoisotopic (exact) mass is 327 g/mol. The lowest BCUT2D eigenvalue weighted by Gasteiger charge is -2.17. The largest absolute Gasteiger partial charge is 0.396 e. The van der Waals surface area contributed by atoms with Crippen molar-refractivity contribution in [1.29, 1.82) is 0 Å². The quantitative estimate of drug-likeness (QED) is 0.765. The van der Waals surface area contributed by atoms with E-state index >= 15 is 0 Å². The van der Waals surface area contributed by atoms with Crippen LogP contribution in [-0.2, 0) is 4.79 Å². The van der Waals surface area contributed by atoms with Crippen molar-refractivity contribution in [1.82, 2.24) is 5.32 Å². The summed E-state index contributed by atoms with van der Waals surface area (Å²) in [5, 5.41) is 12.1. The standard InChI is InChI=1S/C20H22FNO2/c1-15(13-16-7-9-19(21)10-8-16)20(24)22-14-18(11-12-23)17-5-3-2-4-6-17/h2-10,13,18,23H,11-12,14H2,1H3,(H,22,24)/b15-13-. The number of halogens is 1. The Balaban J connectivity index is 1.98. The van der Waals surface area contributed by atoms with Gasteiger partial charge in [0.15, 0.2) is 0 Å². The van der Waals surface area contributed by atoms with Gasteiger partial charge < -0.3 is 10.4 Å². The number of benzene rings is 2. The van der Waals surface area contributed by atoms with Crippen LogP contribution >= 0.6 is 0 Å². The van der Waals surface area contributed by atoms with Gasteiger partial charge in [-0.15, -0.1) is 0 Å². The highest BCUT2D eigenvalue weighted by molar-refractivity contribution is 5.97. The summed E-state index contributed by atoms with van der Waals surface area (Å²) >= 11 is 0. The van der Waals surface area contributed by atoms with Crippen LogP contribution in [0.2, 0.25) is 0 Å². The lowest BCUT2D eigenvalue weighted by Crippen LogP contribution is -2.29. The molecule has 1 unspecified atom stereocenters. The molecule has 1 amide bonds. The van der Waals surface area contributed by atoms with E-state index < -0.39 is 0 Å². The van der Waals surface area contributed by atoms with Crippen molar-refractivity contribution in [2.24, 2.45) is 0 Å². The first-order valence-electron chi connectivity index (χ1n) is 7.98. The first kappa shape index (κ1) is 17.9. The number of aliphatic hydroxyl groups is 1. The number of carbonyl (C=O) groups is 1. The minimum absolute atomic E-state index is 0.0683. The van der Waals surface area contributed by atoms with Gasteiger partial charge in [-0.2, -0.15) is 0 Å². The highest BCUT2D eigenvalue weighted by Crippen LogP contribution is 2.18. The molecule has 0 radical (unpaired) electrons. The van der Waals surface area contributed by atoms with E-state index in [0.717, 1.165) is 11.1 Å². The van der Waals surface area contributed by atoms with Gasteiger partial charge in [-0.05, 0) is 42.7 Å². The average molecular weight is 327 g/mol. The number of rotatable bonds is 7. The molecule has 0 aliphatic rings. The topological polar surface area (TPSA) is 49.3 Å². The van der Waals surface area contributed by atoms with Crippen LogP contribution in [0, 0.1) is 5.82 Å². The lowest BCUT2D eigenvalue weighted by atomic mass is 9.96. The third kappa shape index (κ3) is 5.32. The summed E-state index contributed by atoms with van der Waals surface area (Å²) in [6, 6.07) is 15.8. The molecule has 3 nitrogen and oxygen atoms in total. The lowest BCUT2D eigenvalue weighted by molar-refractivity contribution is -0.117. The van der Waals surface area contributed by atoms with Crippen LogP contribution in [0.5, 0.6) is 0 Å². The Morgan fingerprint density at radius 2 is 1.83 bits per heavy atom. The van der Waals surface area contributed by atoms with Crippen molar-refractivity contribution >= 4 is 12.0 Å². The van der Waals surface area contributed by atoms with E-state index in [1.165, 1.54) is 12.1 Å². The smallest absolute Gasteiger partial charge is 0.246 e. The van der Waals surface area contributed by atoms with E-state index in [9.17, 15) is 14.3 Å². The van der Waals surface area contributed by atoms with Gasteiger partial charge >= 0.3 is 0 Å². The van der Waals surface area contributed by atoms with Crippen LogP contribution in [-0.4, -0.2) is 24.2 Å². The van der Waals surface area contributed by atoms with Gasteiger partial charge in [-0.3, -0.25) is 4.79 Å². The summed E-state index contributed by atoms with van der Waals surface area (Å²) in [5.41, 5.74) is 2.42. The SMILES string of the molecule is C/C(=C/c1ccc(F)cc1)C(=O)NCC(CCO)c1ccccc1. The summed E-state index contributed by atoms with van der Waals surface area (Å²) < 4.78 is 12.9. The van der Waals surface area contributed by atoms with Gasteiger partial charge in [-0.1, -0.05) is 42.5 Å². The molecular weight excluding hydrogens is 305 g/mol. The van der Waals surface area contributed by atoms with Crippen molar-refractivity contribution in [3.05, 3.63) is 77.1 Å². The van der Waals surface area contributed by atoms with E-state index in [4.69, 9.17) is 0 Å². The first-order valence-corrected chi connectivity index (χ1v) is 7.98. The van der Waals surface area contributed by atoms with Gasteiger partial charge in [0.05, 0.1) is 0 Å². The molecule has 0 fully saturated rings. The Labute approximate surface area is 141 Å². The van der Waals surface area contributed by atoms with Crippen molar-refractivity contribution in [2.45, 2.75) is 19.3 Å². The zero-order valence-electron chi connectivity index (χ0n) is 13.7. The van der Waals surface area contributed by atoms with E-state index in [2.05, 4.69) is 5.32 Å². The van der Waals surface area contributed by atoms with Crippen LogP contribution in [0.15, 0.2) is 60.2 Å². The number of amides is 1. The van der Waals surface area contributed by atoms with Crippen molar-refractivity contribution in [3.63, 3.8) is 0 Å². The molecule has 126 valence electrons. The molecule has 0 aromatic heterocycles. The number of hydrogen-bond donors (Lipinski definition) is 2. The first-order chi connectivity index (χ1) is 11.6. The Morgan fingerprint density at radius 3 is 2.46 bits per heavy atom. The number of carbonyl (C=O) groups excluding carboxylic acids is 1. The third-order valence-electron chi connectivity index (χ3n) is 3.87. The molecule has 4 heteroatoms. The summed E-state index contributed by atoms with van der Waals surface area (Å²) in [6.45, 7) is 2.25. The molecule has 0 saturated heterocycles. The molecular formula is C20H22FNO2. The Morgan fingerprint density at radius 1 is 1.17 bits per heavy atom. The van der Waals surface area contributed by atoms with Crippen molar-refractivity contribution in [3.8, 4) is 0 Å². The molecule has 2 N–H and O–H groups in total. The van der Waals surface area contributed by atoms with Crippen molar-refractivity contribution in [2.75, 3.05) is 13.2 Å². The Bertz CT molecular complexity index is 681. The molecule has 24 heavy (non-hydrogen) atoms. The van der Waals surface area contributed by atoms with Gasteiger partial charge in [0.2, 0.25) is 5.91 Å². The molecule has 1 atom stereocenters. The predicted molar refractivity (Wildman–Crippen MR) is 93.9 cm³/mol. The maximum atomic E-state index is 12.9. The highest BCUT2D eigenvalue weighted by Gasteiger charge is 2.13. The fraction of sp³-hybridized carbons (Fsp3) is 0.250. The summed E-state index contributed by atoms with van der Waals surface area (Å²) in [6.07, 6.45) is 2.31. The van der Waals surface area contributed by atoms with Crippen LogP contribution in [0.4, 0.5) is 4.39 Å². The fourth-order valence-electron chi connectivity index (χ4n) is 2.50. The average Bonchev–Trinajstić information content (AvgIpc) is 2.61. The maximum absolute atomic E-state index is 12.9. The zero-order chi connectivity index (χ0) is 17.4. The van der Waals surface area contributed by atoms with E-state index in [1.54, 1.807) is 25.1 Å². The van der Waals surface area contributed by atoms with Gasteiger partial charge in [0.1, 0.15) is 5.82 Å². The summed E-state index contributed by atoms with van der Waals surface area (Å²) in [5.74, 6) is -0.402. The van der Waals surface area contributed by atoms with Crippen LogP contribution < -0.4 is 5.32 Å². The molecule has 0 aliphatic heterocycles. The highest BCUT2D eigenvalue weighted by atomic mass is 19.1. The molecule has 0 saturated carbocycles. The molecule has 0 aliphatic carbocycles. The van der Waals surface area contributed by atoms with Gasteiger partial charge in [0, 0.05) is 24.6 Å². The van der Waals surface area contributed by atoms with Gasteiger partial charge in [-0.25, -0.2) is 4.39 Å². The maximum Gasteiger partial charge on any atom is 0.246 e. The molecule has 2 rings (SSSR count). The number of hydrogen-bond acceptors (Lipinski definition) is 2. The minimum atomic E-state index is -0.302. The molecule has 0 spiro atoms. The van der Waals surface area contributed by atoms with Crippen LogP contribution in [0.3, 0.4) is 0 Å². The zero-order valence-corrected chi connectivity index (χ0v) is 13.7. The fourth-order valence-corrected chi connectivity index (χ4v) is 2.50. The second-order valence-corrected chi connectivity index (χ2v) is 5.71. The third-order valence-corrected chi connectivity index (χ3v) is 3.87. The van der Waals surface area contributed by atoms with Crippen LogP contribution in [0.1, 0.15) is 30.4 Å². The predicted octanol–water partition coefficient (Wildman–Crippen LogP) is 3.51. The summed E-state index contributed by atoms with van der Waals surface area (Å²) in [7, 11) is 0. The van der Waals surface area contributed by atoms with E-state index in [0.29, 0.717) is 18.5 Å². The Kier molecular flexibility index (Phi) is 6.70. The molecule has 0 heterocycles. The van der Waals surface area contributed by atoms with E-state index in [1.807, 2.05) is 30.3 Å². The Hall–Kier alpha value is -2.46. The van der Waals surface area contributed by atoms with Crippen LogP contribution in [0.25, 0.3) is 6.08 Å². The van der Waals surface area contributed by atoms with Crippen molar-refractivity contribution < 1.29 is 14.3 Å². The van der Waals surface area contributed by atoms with Gasteiger partial charge in [0.25, 0.3) is 0 Å².